The molecule has 94 valence electrons. The third kappa shape index (κ3) is 2.11. The van der Waals surface area contributed by atoms with Gasteiger partial charge in [-0.3, -0.25) is 14.5 Å². The van der Waals surface area contributed by atoms with E-state index in [-0.39, 0.29) is 16.8 Å². The third-order valence-electron chi connectivity index (χ3n) is 2.61. The number of halogens is 1. The van der Waals surface area contributed by atoms with E-state index in [4.69, 9.17) is 18.0 Å². The molecule has 0 aromatic heterocycles. The van der Waals surface area contributed by atoms with Crippen molar-refractivity contribution in [3.63, 3.8) is 0 Å². The summed E-state index contributed by atoms with van der Waals surface area (Å²) in [6.45, 7) is 1.39. The number of Topliss-reactive ketones (excluding diaryl/α,β-unsaturated/α-hetero) is 1. The summed E-state index contributed by atoms with van der Waals surface area (Å²) < 4.78 is 0.772. The van der Waals surface area contributed by atoms with Crippen LogP contribution in [0.3, 0.4) is 0 Å². The lowest BCUT2D eigenvalue weighted by Crippen LogP contribution is -2.52. The number of fused-ring (bicyclic) bond motifs is 1. The number of rotatable bonds is 1. The minimum Gasteiger partial charge on any atom is -0.376 e. The average molecular weight is 328 g/mol. The second kappa shape index (κ2) is 4.66. The molecule has 1 amide bonds. The highest BCUT2D eigenvalue weighted by molar-refractivity contribution is 9.10. The molecule has 0 saturated carbocycles. The number of carbonyl (C=O) groups is 2. The number of hydrogen-bond donors (Lipinski definition) is 2. The minimum absolute atomic E-state index is 0.0218. The van der Waals surface area contributed by atoms with E-state index in [0.29, 0.717) is 11.3 Å². The molecule has 1 aromatic rings. The van der Waals surface area contributed by atoms with Crippen LogP contribution in [0.1, 0.15) is 17.3 Å². The summed E-state index contributed by atoms with van der Waals surface area (Å²) in [5, 5.41) is 2.62. The SMILES string of the molecule is CC(=O)N1c2ccc(Br)cc2C(=O)C1NC(N)=S. The van der Waals surface area contributed by atoms with Crippen LogP contribution in [0, 0.1) is 0 Å². The highest BCUT2D eigenvalue weighted by Crippen LogP contribution is 2.33. The third-order valence-corrected chi connectivity index (χ3v) is 3.22. The quantitative estimate of drug-likeness (QED) is 0.757. The summed E-state index contributed by atoms with van der Waals surface area (Å²) >= 11 is 8.02. The maximum absolute atomic E-state index is 12.2. The van der Waals surface area contributed by atoms with E-state index in [1.807, 2.05) is 0 Å². The zero-order valence-electron chi connectivity index (χ0n) is 9.44. The van der Waals surface area contributed by atoms with Gasteiger partial charge in [-0.2, -0.15) is 0 Å². The van der Waals surface area contributed by atoms with Gasteiger partial charge in [0.05, 0.1) is 5.69 Å². The van der Waals surface area contributed by atoms with Gasteiger partial charge in [-0.05, 0) is 30.4 Å². The first-order valence-electron chi connectivity index (χ1n) is 5.11. The molecule has 0 fully saturated rings. The normalized spacial score (nSPS) is 17.6. The zero-order chi connectivity index (χ0) is 13.4. The minimum atomic E-state index is -0.857. The van der Waals surface area contributed by atoms with Gasteiger partial charge in [0.25, 0.3) is 0 Å². The average Bonchev–Trinajstić information content (AvgIpc) is 2.52. The zero-order valence-corrected chi connectivity index (χ0v) is 11.8. The molecule has 1 atom stereocenters. The van der Waals surface area contributed by atoms with Crippen LogP contribution in [0.25, 0.3) is 0 Å². The summed E-state index contributed by atoms with van der Waals surface area (Å²) in [5.41, 5.74) is 6.41. The lowest BCUT2D eigenvalue weighted by molar-refractivity contribution is -0.116. The predicted octanol–water partition coefficient (Wildman–Crippen LogP) is 1.16. The van der Waals surface area contributed by atoms with Gasteiger partial charge in [0, 0.05) is 17.0 Å². The van der Waals surface area contributed by atoms with Crippen molar-refractivity contribution in [1.29, 1.82) is 0 Å². The predicted molar refractivity (Wildman–Crippen MR) is 75.3 cm³/mol. The van der Waals surface area contributed by atoms with Crippen LogP contribution in [0.4, 0.5) is 5.69 Å². The Bertz CT molecular complexity index is 561. The largest absolute Gasteiger partial charge is 0.376 e. The van der Waals surface area contributed by atoms with Gasteiger partial charge in [-0.25, -0.2) is 0 Å². The van der Waals surface area contributed by atoms with Crippen LogP contribution >= 0.6 is 28.1 Å². The van der Waals surface area contributed by atoms with Gasteiger partial charge in [-0.15, -0.1) is 0 Å². The van der Waals surface area contributed by atoms with Crippen molar-refractivity contribution in [2.45, 2.75) is 13.1 Å². The van der Waals surface area contributed by atoms with Crippen molar-refractivity contribution < 1.29 is 9.59 Å². The molecule has 2 rings (SSSR count). The molecule has 0 aliphatic carbocycles. The highest BCUT2D eigenvalue weighted by atomic mass is 79.9. The molecule has 1 aromatic carbocycles. The Kier molecular flexibility index (Phi) is 3.36. The second-order valence-corrected chi connectivity index (χ2v) is 5.18. The van der Waals surface area contributed by atoms with E-state index in [0.717, 1.165) is 4.47 Å². The molecule has 1 aliphatic rings. The summed E-state index contributed by atoms with van der Waals surface area (Å²) in [6, 6.07) is 5.15. The number of carbonyl (C=O) groups excluding carboxylic acids is 2. The lowest BCUT2D eigenvalue weighted by Gasteiger charge is -2.23. The number of thiocarbonyl (C=S) groups is 1. The number of nitrogens with zero attached hydrogens (tertiary/aromatic N) is 1. The first kappa shape index (κ1) is 13.0. The fraction of sp³-hybridized carbons (Fsp3) is 0.182. The van der Waals surface area contributed by atoms with Gasteiger partial charge < -0.3 is 11.1 Å². The van der Waals surface area contributed by atoms with Crippen molar-refractivity contribution in [3.8, 4) is 0 Å². The number of anilines is 1. The summed E-state index contributed by atoms with van der Waals surface area (Å²) in [6.07, 6.45) is -0.857. The first-order chi connectivity index (χ1) is 8.41. The van der Waals surface area contributed by atoms with Gasteiger partial charge in [0.15, 0.2) is 11.3 Å². The van der Waals surface area contributed by atoms with Crippen LogP contribution in [-0.4, -0.2) is 23.0 Å². The van der Waals surface area contributed by atoms with Crippen molar-refractivity contribution in [2.75, 3.05) is 4.90 Å². The number of benzene rings is 1. The van der Waals surface area contributed by atoms with Crippen molar-refractivity contribution in [1.82, 2.24) is 5.32 Å². The summed E-state index contributed by atoms with van der Waals surface area (Å²) in [5.74, 6) is -0.479. The second-order valence-electron chi connectivity index (χ2n) is 3.83. The summed E-state index contributed by atoms with van der Waals surface area (Å²) in [4.78, 5) is 25.2. The molecule has 5 nitrogen and oxygen atoms in total. The van der Waals surface area contributed by atoms with Crippen LogP contribution in [0.5, 0.6) is 0 Å². The number of nitrogens with one attached hydrogen (secondary N) is 1. The molecule has 1 aliphatic heterocycles. The Morgan fingerprint density at radius 1 is 1.56 bits per heavy atom. The topological polar surface area (TPSA) is 75.4 Å². The molecule has 0 bridgehead atoms. The van der Waals surface area contributed by atoms with Gasteiger partial charge in [0.1, 0.15) is 0 Å². The lowest BCUT2D eigenvalue weighted by atomic mass is 10.1. The van der Waals surface area contributed by atoms with Crippen molar-refractivity contribution in [3.05, 3.63) is 28.2 Å². The maximum atomic E-state index is 12.2. The van der Waals surface area contributed by atoms with Crippen LogP contribution in [-0.2, 0) is 4.79 Å². The smallest absolute Gasteiger partial charge is 0.225 e. The summed E-state index contributed by atoms with van der Waals surface area (Å²) in [7, 11) is 0. The standard InChI is InChI=1S/C11H10BrN3O2S/c1-5(16)15-8-3-2-6(12)4-7(8)9(17)10(15)14-11(13)18/h2-4,10H,1H3,(H3,13,14,18). The Balaban J connectivity index is 2.51. The molecule has 0 spiro atoms. The van der Waals surface area contributed by atoms with E-state index in [2.05, 4.69) is 21.2 Å². The fourth-order valence-electron chi connectivity index (χ4n) is 1.94. The number of hydrogen-bond acceptors (Lipinski definition) is 3. The van der Waals surface area contributed by atoms with E-state index < -0.39 is 6.17 Å². The molecule has 1 heterocycles. The monoisotopic (exact) mass is 327 g/mol. The molecule has 0 saturated heterocycles. The molecular weight excluding hydrogens is 318 g/mol. The van der Waals surface area contributed by atoms with Crippen molar-refractivity contribution in [2.24, 2.45) is 5.73 Å². The number of nitrogens with two attached hydrogens (primary N) is 1. The van der Waals surface area contributed by atoms with Gasteiger partial charge >= 0.3 is 0 Å². The van der Waals surface area contributed by atoms with E-state index in [9.17, 15) is 9.59 Å². The Morgan fingerprint density at radius 3 is 2.78 bits per heavy atom. The highest BCUT2D eigenvalue weighted by Gasteiger charge is 2.39. The number of amides is 1. The molecule has 18 heavy (non-hydrogen) atoms. The maximum Gasteiger partial charge on any atom is 0.225 e. The fourth-order valence-corrected chi connectivity index (χ4v) is 2.41. The molecule has 1 unspecified atom stereocenters. The van der Waals surface area contributed by atoms with Crippen LogP contribution in [0.2, 0.25) is 0 Å². The molecule has 3 N–H and O–H groups in total. The van der Waals surface area contributed by atoms with Gasteiger partial charge in [0.2, 0.25) is 11.7 Å². The Hall–Kier alpha value is -1.47. The Morgan fingerprint density at radius 2 is 2.22 bits per heavy atom. The van der Waals surface area contributed by atoms with Crippen molar-refractivity contribution >= 4 is 50.6 Å². The van der Waals surface area contributed by atoms with Crippen LogP contribution < -0.4 is 16.0 Å². The van der Waals surface area contributed by atoms with Gasteiger partial charge in [-0.1, -0.05) is 15.9 Å². The Labute approximate surface area is 117 Å². The van der Waals surface area contributed by atoms with E-state index >= 15 is 0 Å². The number of ketones is 1. The molecule has 7 heteroatoms. The first-order valence-corrected chi connectivity index (χ1v) is 6.31. The van der Waals surface area contributed by atoms with E-state index in [1.54, 1.807) is 18.2 Å². The van der Waals surface area contributed by atoms with E-state index in [1.165, 1.54) is 11.8 Å². The molecular formula is C11H10BrN3O2S. The van der Waals surface area contributed by atoms with Crippen LogP contribution in [0.15, 0.2) is 22.7 Å². The molecule has 0 radical (unpaired) electrons.